The van der Waals surface area contributed by atoms with E-state index in [9.17, 15) is 13.2 Å². The molecule has 0 spiro atoms. The Morgan fingerprint density at radius 2 is 1.96 bits per heavy atom. The van der Waals surface area contributed by atoms with Crippen LogP contribution in [0, 0.1) is 0 Å². The van der Waals surface area contributed by atoms with Gasteiger partial charge in [-0.2, -0.15) is 0 Å². The average molecular weight is 397 g/mol. The Bertz CT molecular complexity index is 804. The quantitative estimate of drug-likeness (QED) is 0.666. The van der Waals surface area contributed by atoms with E-state index in [0.29, 0.717) is 19.4 Å². The van der Waals surface area contributed by atoms with Crippen LogP contribution in [-0.4, -0.2) is 51.6 Å². The molecule has 1 aromatic carbocycles. The molecule has 2 aromatic rings. The van der Waals surface area contributed by atoms with Gasteiger partial charge in [-0.15, -0.1) is 11.3 Å². The largest absolute Gasteiger partial charge is 0.496 e. The van der Waals surface area contributed by atoms with Crippen molar-refractivity contribution in [1.82, 2.24) is 9.62 Å². The van der Waals surface area contributed by atoms with Gasteiger partial charge in [0, 0.05) is 24.5 Å². The highest BCUT2D eigenvalue weighted by Crippen LogP contribution is 2.18. The first-order chi connectivity index (χ1) is 12.4. The van der Waals surface area contributed by atoms with Crippen molar-refractivity contribution in [3.05, 3.63) is 52.2 Å². The van der Waals surface area contributed by atoms with Crippen LogP contribution in [0.5, 0.6) is 5.75 Å². The minimum absolute atomic E-state index is 0.106. The van der Waals surface area contributed by atoms with E-state index in [0.717, 1.165) is 16.2 Å². The summed E-state index contributed by atoms with van der Waals surface area (Å²) in [6.45, 7) is 0.855. The maximum Gasteiger partial charge on any atom is 0.225 e. The van der Waals surface area contributed by atoms with E-state index in [1.54, 1.807) is 7.11 Å². The van der Waals surface area contributed by atoms with Crippen LogP contribution in [0.1, 0.15) is 10.4 Å². The summed E-state index contributed by atoms with van der Waals surface area (Å²) in [7, 11) is -1.77. The zero-order valence-electron chi connectivity index (χ0n) is 15.0. The first-order valence-electron chi connectivity index (χ1n) is 8.26. The second kappa shape index (κ2) is 9.70. The van der Waals surface area contributed by atoms with Gasteiger partial charge in [-0.1, -0.05) is 24.3 Å². The van der Waals surface area contributed by atoms with Crippen molar-refractivity contribution in [2.75, 3.05) is 33.0 Å². The van der Waals surface area contributed by atoms with Crippen molar-refractivity contribution in [1.29, 1.82) is 0 Å². The molecule has 0 atom stereocenters. The smallest absolute Gasteiger partial charge is 0.225 e. The molecule has 0 saturated carbocycles. The second-order valence-electron chi connectivity index (χ2n) is 5.83. The third-order valence-corrected chi connectivity index (χ3v) is 6.07. The van der Waals surface area contributed by atoms with Gasteiger partial charge in [-0.25, -0.2) is 12.7 Å². The zero-order chi connectivity index (χ0) is 19.0. The summed E-state index contributed by atoms with van der Waals surface area (Å²) < 4.78 is 30.7. The van der Waals surface area contributed by atoms with Crippen LogP contribution in [0.2, 0.25) is 0 Å². The Hall–Kier alpha value is -1.90. The number of amides is 1. The molecule has 1 N–H and O–H groups in total. The van der Waals surface area contributed by atoms with Gasteiger partial charge in [0.2, 0.25) is 15.9 Å². The SMILES string of the molecule is COc1ccccc1CCN(CCNC(=O)Cc1cccs1)S(C)(=O)=O. The summed E-state index contributed by atoms with van der Waals surface area (Å²) in [5.74, 6) is 0.635. The highest BCUT2D eigenvalue weighted by Gasteiger charge is 2.17. The molecule has 0 radical (unpaired) electrons. The summed E-state index contributed by atoms with van der Waals surface area (Å²) in [5, 5.41) is 4.70. The molecule has 0 aliphatic rings. The predicted octanol–water partition coefficient (Wildman–Crippen LogP) is 1.92. The molecule has 6 nitrogen and oxygen atoms in total. The summed E-state index contributed by atoms with van der Waals surface area (Å²) in [6, 6.07) is 11.3. The van der Waals surface area contributed by atoms with Crippen LogP contribution < -0.4 is 10.1 Å². The van der Waals surface area contributed by atoms with Crippen LogP contribution >= 0.6 is 11.3 Å². The first kappa shape index (κ1) is 20.4. The van der Waals surface area contributed by atoms with Gasteiger partial charge in [0.05, 0.1) is 19.8 Å². The monoisotopic (exact) mass is 396 g/mol. The molecular weight excluding hydrogens is 372 g/mol. The lowest BCUT2D eigenvalue weighted by Crippen LogP contribution is -2.39. The zero-order valence-corrected chi connectivity index (χ0v) is 16.6. The van der Waals surface area contributed by atoms with Crippen LogP contribution in [0.25, 0.3) is 0 Å². The molecule has 1 amide bonds. The van der Waals surface area contributed by atoms with E-state index in [4.69, 9.17) is 4.74 Å². The number of para-hydroxylation sites is 1. The Balaban J connectivity index is 1.86. The second-order valence-corrected chi connectivity index (χ2v) is 8.84. The van der Waals surface area contributed by atoms with Gasteiger partial charge < -0.3 is 10.1 Å². The number of hydrogen-bond acceptors (Lipinski definition) is 5. The van der Waals surface area contributed by atoms with Gasteiger partial charge in [0.25, 0.3) is 0 Å². The lowest BCUT2D eigenvalue weighted by Gasteiger charge is -2.20. The minimum Gasteiger partial charge on any atom is -0.496 e. The van der Waals surface area contributed by atoms with Gasteiger partial charge in [0.1, 0.15) is 5.75 Å². The van der Waals surface area contributed by atoms with Crippen molar-refractivity contribution in [2.45, 2.75) is 12.8 Å². The van der Waals surface area contributed by atoms with Gasteiger partial charge in [0.15, 0.2) is 0 Å². The number of methoxy groups -OCH3 is 1. The normalized spacial score (nSPS) is 11.5. The number of nitrogens with one attached hydrogen (secondary N) is 1. The third-order valence-electron chi connectivity index (χ3n) is 3.89. The van der Waals surface area contributed by atoms with Crippen molar-refractivity contribution in [3.8, 4) is 5.75 Å². The number of carbonyl (C=O) groups is 1. The molecule has 142 valence electrons. The maximum atomic E-state index is 12.0. The lowest BCUT2D eigenvalue weighted by molar-refractivity contribution is -0.120. The summed E-state index contributed by atoms with van der Waals surface area (Å²) in [5.41, 5.74) is 0.949. The Kier molecular flexibility index (Phi) is 7.62. The number of thiophene rings is 1. The summed E-state index contributed by atoms with van der Waals surface area (Å²) in [6.07, 6.45) is 2.04. The van der Waals surface area contributed by atoms with Crippen LogP contribution in [0.4, 0.5) is 0 Å². The molecule has 0 bridgehead atoms. The molecule has 0 aliphatic carbocycles. The number of benzene rings is 1. The van der Waals surface area contributed by atoms with Crippen LogP contribution in [0.15, 0.2) is 41.8 Å². The molecule has 1 aromatic heterocycles. The fourth-order valence-corrected chi connectivity index (χ4v) is 4.10. The van der Waals surface area contributed by atoms with Crippen molar-refractivity contribution < 1.29 is 17.9 Å². The lowest BCUT2D eigenvalue weighted by atomic mass is 10.1. The van der Waals surface area contributed by atoms with Gasteiger partial charge in [-0.3, -0.25) is 4.79 Å². The minimum atomic E-state index is -3.36. The van der Waals surface area contributed by atoms with E-state index in [1.165, 1.54) is 21.9 Å². The molecule has 1 heterocycles. The van der Waals surface area contributed by atoms with Crippen LogP contribution in [-0.2, 0) is 27.7 Å². The maximum absolute atomic E-state index is 12.0. The highest BCUT2D eigenvalue weighted by molar-refractivity contribution is 7.88. The van der Waals surface area contributed by atoms with E-state index in [1.807, 2.05) is 41.8 Å². The molecular formula is C18H24N2O4S2. The molecule has 0 saturated heterocycles. The molecule has 26 heavy (non-hydrogen) atoms. The number of rotatable bonds is 10. The first-order valence-corrected chi connectivity index (χ1v) is 11.0. The molecule has 8 heteroatoms. The number of hydrogen-bond donors (Lipinski definition) is 1. The molecule has 0 aliphatic heterocycles. The number of nitrogens with zero attached hydrogens (tertiary/aromatic N) is 1. The fourth-order valence-electron chi connectivity index (χ4n) is 2.55. The van der Waals surface area contributed by atoms with Crippen molar-refractivity contribution in [2.24, 2.45) is 0 Å². The average Bonchev–Trinajstić information content (AvgIpc) is 3.10. The standard InChI is InChI=1S/C18H24N2O4S2/c1-24-17-8-4-3-6-15(17)9-11-20(26(2,22)23)12-10-19-18(21)14-16-7-5-13-25-16/h3-8,13H,9-12,14H2,1-2H3,(H,19,21). The summed E-state index contributed by atoms with van der Waals surface area (Å²) in [4.78, 5) is 12.9. The Morgan fingerprint density at radius 3 is 2.62 bits per heavy atom. The number of sulfonamides is 1. The highest BCUT2D eigenvalue weighted by atomic mass is 32.2. The van der Waals surface area contributed by atoms with E-state index in [-0.39, 0.29) is 19.0 Å². The van der Waals surface area contributed by atoms with Crippen molar-refractivity contribution in [3.63, 3.8) is 0 Å². The third kappa shape index (κ3) is 6.44. The molecule has 0 unspecified atom stereocenters. The Labute approximate surface area is 158 Å². The number of ether oxygens (including phenoxy) is 1. The van der Waals surface area contributed by atoms with Crippen LogP contribution in [0.3, 0.4) is 0 Å². The predicted molar refractivity (Wildman–Crippen MR) is 104 cm³/mol. The number of carbonyl (C=O) groups excluding carboxylic acids is 1. The Morgan fingerprint density at radius 1 is 1.19 bits per heavy atom. The van der Waals surface area contributed by atoms with E-state index < -0.39 is 10.0 Å². The van der Waals surface area contributed by atoms with E-state index >= 15 is 0 Å². The summed E-state index contributed by atoms with van der Waals surface area (Å²) >= 11 is 1.53. The van der Waals surface area contributed by atoms with Gasteiger partial charge >= 0.3 is 0 Å². The molecule has 2 rings (SSSR count). The van der Waals surface area contributed by atoms with E-state index in [2.05, 4.69) is 5.32 Å². The molecule has 0 fully saturated rings. The fraction of sp³-hybridized carbons (Fsp3) is 0.389. The topological polar surface area (TPSA) is 75.7 Å². The van der Waals surface area contributed by atoms with Gasteiger partial charge in [-0.05, 0) is 29.5 Å². The van der Waals surface area contributed by atoms with Crippen molar-refractivity contribution >= 4 is 27.3 Å².